The number of aromatic nitrogens is 2. The van der Waals surface area contributed by atoms with Crippen LogP contribution in [-0.4, -0.2) is 36.1 Å². The van der Waals surface area contributed by atoms with Crippen molar-refractivity contribution < 1.29 is 0 Å². The molecule has 0 saturated carbocycles. The van der Waals surface area contributed by atoms with Crippen molar-refractivity contribution in [2.24, 2.45) is 0 Å². The van der Waals surface area contributed by atoms with Crippen LogP contribution in [0.5, 0.6) is 0 Å². The number of piperazine rings is 1. The second kappa shape index (κ2) is 8.30. The lowest BCUT2D eigenvalue weighted by Crippen LogP contribution is -2.47. The number of nitrogens with zero attached hydrogens (tertiary/aromatic N) is 4. The van der Waals surface area contributed by atoms with Crippen molar-refractivity contribution in [1.82, 2.24) is 9.97 Å². The first-order chi connectivity index (χ1) is 13.7. The Labute approximate surface area is 167 Å². The summed E-state index contributed by atoms with van der Waals surface area (Å²) in [4.78, 5) is 14.2. The molecule has 1 fully saturated rings. The van der Waals surface area contributed by atoms with Gasteiger partial charge in [0.05, 0.1) is 0 Å². The van der Waals surface area contributed by atoms with Gasteiger partial charge in [0.1, 0.15) is 5.82 Å². The molecule has 0 bridgehead atoms. The first kappa shape index (κ1) is 18.3. The fourth-order valence-electron chi connectivity index (χ4n) is 3.62. The van der Waals surface area contributed by atoms with Crippen LogP contribution in [-0.2, 0) is 0 Å². The molecule has 144 valence electrons. The summed E-state index contributed by atoms with van der Waals surface area (Å²) >= 11 is 0. The molecule has 0 radical (unpaired) electrons. The summed E-state index contributed by atoms with van der Waals surface area (Å²) in [6.07, 6.45) is 0. The van der Waals surface area contributed by atoms with Gasteiger partial charge in [-0.15, -0.1) is 0 Å². The molecule has 0 amide bonds. The number of hydrogen-bond donors (Lipinski definition) is 1. The zero-order chi connectivity index (χ0) is 19.3. The van der Waals surface area contributed by atoms with Gasteiger partial charge in [-0.25, -0.2) is 4.98 Å². The lowest BCUT2D eigenvalue weighted by Gasteiger charge is -2.36. The van der Waals surface area contributed by atoms with E-state index >= 15 is 0 Å². The van der Waals surface area contributed by atoms with Crippen LogP contribution in [0.3, 0.4) is 0 Å². The molecule has 1 aromatic heterocycles. The lowest BCUT2D eigenvalue weighted by atomic mass is 10.1. The fourth-order valence-corrected chi connectivity index (χ4v) is 3.62. The fraction of sp³-hybridized carbons (Fsp3) is 0.304. The van der Waals surface area contributed by atoms with E-state index in [1.54, 1.807) is 0 Å². The minimum atomic E-state index is 0.193. The highest BCUT2D eigenvalue weighted by Crippen LogP contribution is 2.22. The summed E-state index contributed by atoms with van der Waals surface area (Å²) in [7, 11) is 0. The maximum Gasteiger partial charge on any atom is 0.227 e. The molecular weight excluding hydrogens is 346 g/mol. The first-order valence-electron chi connectivity index (χ1n) is 9.91. The van der Waals surface area contributed by atoms with Crippen LogP contribution in [0.15, 0.2) is 66.7 Å². The van der Waals surface area contributed by atoms with Crippen molar-refractivity contribution in [3.05, 3.63) is 78.0 Å². The van der Waals surface area contributed by atoms with Crippen LogP contribution in [0.2, 0.25) is 0 Å². The van der Waals surface area contributed by atoms with E-state index in [1.165, 1.54) is 11.3 Å². The van der Waals surface area contributed by atoms with Gasteiger partial charge in [0.25, 0.3) is 0 Å². The van der Waals surface area contributed by atoms with Gasteiger partial charge in [0, 0.05) is 49.7 Å². The van der Waals surface area contributed by atoms with Gasteiger partial charge in [-0.1, -0.05) is 48.5 Å². The smallest absolute Gasteiger partial charge is 0.227 e. The highest BCUT2D eigenvalue weighted by atomic mass is 15.3. The van der Waals surface area contributed by atoms with Crippen LogP contribution in [0.4, 0.5) is 17.5 Å². The molecule has 3 aromatic rings. The van der Waals surface area contributed by atoms with Crippen molar-refractivity contribution in [3.63, 3.8) is 0 Å². The molecule has 2 aromatic carbocycles. The van der Waals surface area contributed by atoms with Crippen molar-refractivity contribution in [3.8, 4) is 0 Å². The molecule has 1 aliphatic heterocycles. The molecule has 1 atom stereocenters. The summed E-state index contributed by atoms with van der Waals surface area (Å²) in [5, 5.41) is 3.52. The number of nitrogens with one attached hydrogen (secondary N) is 1. The Kier molecular flexibility index (Phi) is 5.42. The molecule has 2 heterocycles. The Bertz CT molecular complexity index is 889. The number of para-hydroxylation sites is 1. The number of benzene rings is 2. The van der Waals surface area contributed by atoms with E-state index < -0.39 is 0 Å². The molecule has 28 heavy (non-hydrogen) atoms. The van der Waals surface area contributed by atoms with Gasteiger partial charge in [-0.3, -0.25) is 0 Å². The van der Waals surface area contributed by atoms with E-state index in [2.05, 4.69) is 76.6 Å². The van der Waals surface area contributed by atoms with Crippen molar-refractivity contribution in [1.29, 1.82) is 0 Å². The summed E-state index contributed by atoms with van der Waals surface area (Å²) in [6.45, 7) is 7.99. The number of aryl methyl sites for hydroxylation is 1. The van der Waals surface area contributed by atoms with Gasteiger partial charge < -0.3 is 15.1 Å². The zero-order valence-electron chi connectivity index (χ0n) is 16.5. The number of hydrogen-bond acceptors (Lipinski definition) is 5. The van der Waals surface area contributed by atoms with E-state index in [-0.39, 0.29) is 6.04 Å². The Hall–Kier alpha value is -3.08. The van der Waals surface area contributed by atoms with Crippen LogP contribution in [0, 0.1) is 6.92 Å². The van der Waals surface area contributed by atoms with Gasteiger partial charge in [0.15, 0.2) is 0 Å². The predicted octanol–water partition coefficient (Wildman–Crippen LogP) is 4.28. The summed E-state index contributed by atoms with van der Waals surface area (Å²) in [5.41, 5.74) is 3.52. The van der Waals surface area contributed by atoms with Crippen LogP contribution in [0.25, 0.3) is 0 Å². The predicted molar refractivity (Wildman–Crippen MR) is 116 cm³/mol. The monoisotopic (exact) mass is 373 g/mol. The minimum Gasteiger partial charge on any atom is -0.368 e. The topological polar surface area (TPSA) is 44.3 Å². The summed E-state index contributed by atoms with van der Waals surface area (Å²) in [6, 6.07) is 23.2. The molecule has 1 saturated heterocycles. The van der Waals surface area contributed by atoms with Crippen molar-refractivity contribution in [2.75, 3.05) is 41.3 Å². The summed E-state index contributed by atoms with van der Waals surface area (Å²) in [5.74, 6) is 1.69. The third kappa shape index (κ3) is 4.25. The molecule has 0 spiro atoms. The third-order valence-electron chi connectivity index (χ3n) is 5.19. The Morgan fingerprint density at radius 3 is 2.11 bits per heavy atom. The van der Waals surface area contributed by atoms with Gasteiger partial charge >= 0.3 is 0 Å². The largest absolute Gasteiger partial charge is 0.368 e. The highest BCUT2D eigenvalue weighted by molar-refractivity contribution is 5.50. The second-order valence-corrected chi connectivity index (χ2v) is 7.28. The molecule has 4 rings (SSSR count). The van der Waals surface area contributed by atoms with E-state index in [0.29, 0.717) is 0 Å². The van der Waals surface area contributed by atoms with Crippen molar-refractivity contribution >= 4 is 17.5 Å². The highest BCUT2D eigenvalue weighted by Gasteiger charge is 2.20. The molecule has 1 aliphatic rings. The molecule has 1 N–H and O–H groups in total. The summed E-state index contributed by atoms with van der Waals surface area (Å²) < 4.78 is 0. The van der Waals surface area contributed by atoms with E-state index in [4.69, 9.17) is 9.97 Å². The Morgan fingerprint density at radius 1 is 0.821 bits per heavy atom. The molecule has 0 aliphatic carbocycles. The second-order valence-electron chi connectivity index (χ2n) is 7.28. The standard InChI is InChI=1S/C23H27N5/c1-18-17-22(25-19(2)20-9-5-3-6-10-20)26-23(24-18)28-15-13-27(14-16-28)21-11-7-4-8-12-21/h3-12,17,19H,13-16H2,1-2H3,(H,24,25,26). The maximum atomic E-state index is 4.81. The van der Waals surface area contributed by atoms with E-state index in [1.807, 2.05) is 19.1 Å². The van der Waals surface area contributed by atoms with Crippen LogP contribution < -0.4 is 15.1 Å². The average Bonchev–Trinajstić information content (AvgIpc) is 2.75. The molecule has 5 nitrogen and oxygen atoms in total. The quantitative estimate of drug-likeness (QED) is 0.723. The maximum absolute atomic E-state index is 4.81. The van der Waals surface area contributed by atoms with E-state index in [9.17, 15) is 0 Å². The van der Waals surface area contributed by atoms with Crippen LogP contribution >= 0.6 is 0 Å². The first-order valence-corrected chi connectivity index (χ1v) is 9.91. The molecular formula is C23H27N5. The lowest BCUT2D eigenvalue weighted by molar-refractivity contribution is 0.639. The third-order valence-corrected chi connectivity index (χ3v) is 5.19. The van der Waals surface area contributed by atoms with Crippen LogP contribution in [0.1, 0.15) is 24.2 Å². The normalized spacial score (nSPS) is 15.4. The molecule has 1 unspecified atom stereocenters. The molecule has 5 heteroatoms. The van der Waals surface area contributed by atoms with Gasteiger partial charge in [0.2, 0.25) is 5.95 Å². The average molecular weight is 374 g/mol. The van der Waals surface area contributed by atoms with Gasteiger partial charge in [-0.05, 0) is 31.5 Å². The Morgan fingerprint density at radius 2 is 1.43 bits per heavy atom. The van der Waals surface area contributed by atoms with Gasteiger partial charge in [-0.2, -0.15) is 4.98 Å². The number of anilines is 3. The van der Waals surface area contributed by atoms with E-state index in [0.717, 1.165) is 43.6 Å². The zero-order valence-corrected chi connectivity index (χ0v) is 16.5. The number of rotatable bonds is 5. The minimum absolute atomic E-state index is 0.193. The SMILES string of the molecule is Cc1cc(NC(C)c2ccccc2)nc(N2CCN(c3ccccc3)CC2)n1. The Balaban J connectivity index is 1.44. The van der Waals surface area contributed by atoms with Crippen molar-refractivity contribution in [2.45, 2.75) is 19.9 Å².